The third kappa shape index (κ3) is 4.37. The van der Waals surface area contributed by atoms with E-state index in [1.807, 2.05) is 12.1 Å². The fourth-order valence-corrected chi connectivity index (χ4v) is 3.44. The zero-order chi connectivity index (χ0) is 20.3. The number of amides is 1. The van der Waals surface area contributed by atoms with Crippen molar-refractivity contribution in [2.75, 3.05) is 10.6 Å². The molecule has 0 aliphatic carbocycles. The number of hydrogen-bond donors (Lipinski definition) is 1. The Hall–Kier alpha value is -3.19. The maximum absolute atomic E-state index is 12.9. The van der Waals surface area contributed by atoms with Gasteiger partial charge in [-0.05, 0) is 32.9 Å². The second kappa shape index (κ2) is 7.82. The molecular formula is C21H21N3O3S. The summed E-state index contributed by atoms with van der Waals surface area (Å²) in [6.07, 6.45) is -0.592. The Morgan fingerprint density at radius 2 is 1.57 bits per heavy atom. The number of carbonyl (C=O) groups excluding carboxylic acids is 2. The Bertz CT molecular complexity index is 979. The number of nitrogens with two attached hydrogens (primary N) is 1. The third-order valence-electron chi connectivity index (χ3n) is 3.67. The molecule has 0 fully saturated rings. The van der Waals surface area contributed by atoms with Crippen LogP contribution in [0.4, 0.5) is 21.4 Å². The van der Waals surface area contributed by atoms with Crippen LogP contribution in [0.15, 0.2) is 60.7 Å². The fourth-order valence-electron chi connectivity index (χ4n) is 2.48. The standard InChI is InChI=1S/C21H21N3O3S/c1-21(2,3)27-20(26)24(15-12-8-5-9-13-15)19-23-18(22)17(28-19)16(25)14-10-6-4-7-11-14/h4-13H,22H2,1-3H3. The van der Waals surface area contributed by atoms with E-state index >= 15 is 0 Å². The molecule has 0 spiro atoms. The van der Waals surface area contributed by atoms with Crippen molar-refractivity contribution in [1.82, 2.24) is 4.98 Å². The highest BCUT2D eigenvalue weighted by Crippen LogP contribution is 2.35. The lowest BCUT2D eigenvalue weighted by atomic mass is 10.1. The molecule has 0 saturated heterocycles. The highest BCUT2D eigenvalue weighted by Gasteiger charge is 2.29. The molecule has 3 rings (SSSR count). The molecule has 7 heteroatoms. The van der Waals surface area contributed by atoms with Gasteiger partial charge < -0.3 is 10.5 Å². The van der Waals surface area contributed by atoms with Gasteiger partial charge >= 0.3 is 6.09 Å². The minimum absolute atomic E-state index is 0.0818. The molecule has 0 bridgehead atoms. The van der Waals surface area contributed by atoms with Crippen LogP contribution >= 0.6 is 11.3 Å². The van der Waals surface area contributed by atoms with Gasteiger partial charge in [-0.25, -0.2) is 14.7 Å². The monoisotopic (exact) mass is 395 g/mol. The molecule has 2 N–H and O–H groups in total. The van der Waals surface area contributed by atoms with E-state index in [0.29, 0.717) is 11.3 Å². The maximum atomic E-state index is 12.9. The largest absolute Gasteiger partial charge is 0.443 e. The summed E-state index contributed by atoms with van der Waals surface area (Å²) in [7, 11) is 0. The van der Waals surface area contributed by atoms with Crippen LogP contribution < -0.4 is 10.6 Å². The number of ether oxygens (including phenoxy) is 1. The molecule has 1 heterocycles. The Kier molecular flexibility index (Phi) is 5.46. The van der Waals surface area contributed by atoms with E-state index in [1.54, 1.807) is 69.3 Å². The Labute approximate surface area is 167 Å². The number of thiazole rings is 1. The van der Waals surface area contributed by atoms with Gasteiger partial charge in [0, 0.05) is 5.56 Å². The molecule has 6 nitrogen and oxygen atoms in total. The van der Waals surface area contributed by atoms with E-state index in [0.717, 1.165) is 11.3 Å². The molecule has 144 valence electrons. The van der Waals surface area contributed by atoms with Gasteiger partial charge in [-0.1, -0.05) is 59.9 Å². The van der Waals surface area contributed by atoms with Gasteiger partial charge in [0.1, 0.15) is 16.3 Å². The van der Waals surface area contributed by atoms with Gasteiger partial charge in [0.2, 0.25) is 10.9 Å². The summed E-state index contributed by atoms with van der Waals surface area (Å²) in [6, 6.07) is 17.8. The van der Waals surface area contributed by atoms with Crippen LogP contribution in [0.3, 0.4) is 0 Å². The van der Waals surface area contributed by atoms with E-state index in [2.05, 4.69) is 4.98 Å². The summed E-state index contributed by atoms with van der Waals surface area (Å²) in [6.45, 7) is 5.36. The summed E-state index contributed by atoms with van der Waals surface area (Å²) in [5, 5.41) is 0.275. The second-order valence-electron chi connectivity index (χ2n) is 7.06. The summed E-state index contributed by atoms with van der Waals surface area (Å²) in [5.74, 6) is -0.155. The molecule has 0 radical (unpaired) electrons. The number of nitrogens with zero attached hydrogens (tertiary/aromatic N) is 2. The van der Waals surface area contributed by atoms with E-state index < -0.39 is 11.7 Å². The number of nitrogen functional groups attached to an aromatic ring is 1. The zero-order valence-electron chi connectivity index (χ0n) is 15.9. The minimum atomic E-state index is -0.685. The van der Waals surface area contributed by atoms with Gasteiger partial charge in [0.15, 0.2) is 0 Å². The van der Waals surface area contributed by atoms with Crippen molar-refractivity contribution in [3.63, 3.8) is 0 Å². The molecule has 0 aliphatic heterocycles. The van der Waals surface area contributed by atoms with Crippen LogP contribution in [0, 0.1) is 0 Å². The highest BCUT2D eigenvalue weighted by atomic mass is 32.1. The SMILES string of the molecule is CC(C)(C)OC(=O)N(c1ccccc1)c1nc(N)c(C(=O)c2ccccc2)s1. The number of aromatic nitrogens is 1. The second-order valence-corrected chi connectivity index (χ2v) is 8.03. The first-order valence-electron chi connectivity index (χ1n) is 8.70. The lowest BCUT2D eigenvalue weighted by Gasteiger charge is -2.25. The molecule has 28 heavy (non-hydrogen) atoms. The third-order valence-corrected chi connectivity index (χ3v) is 4.72. The lowest BCUT2D eigenvalue weighted by molar-refractivity contribution is 0.0599. The zero-order valence-corrected chi connectivity index (χ0v) is 16.7. The van der Waals surface area contributed by atoms with E-state index in [9.17, 15) is 9.59 Å². The van der Waals surface area contributed by atoms with E-state index in [-0.39, 0.29) is 21.6 Å². The average molecular weight is 395 g/mol. The van der Waals surface area contributed by atoms with Crippen LogP contribution in [0.5, 0.6) is 0 Å². The van der Waals surface area contributed by atoms with Crippen LogP contribution in [-0.2, 0) is 4.74 Å². The van der Waals surface area contributed by atoms with Crippen molar-refractivity contribution in [3.05, 3.63) is 71.1 Å². The molecule has 0 atom stereocenters. The normalized spacial score (nSPS) is 11.1. The Morgan fingerprint density at radius 1 is 1.00 bits per heavy atom. The average Bonchev–Trinajstić information content (AvgIpc) is 3.02. The van der Waals surface area contributed by atoms with E-state index in [1.165, 1.54) is 4.90 Å². The number of benzene rings is 2. The van der Waals surface area contributed by atoms with Gasteiger partial charge in [-0.2, -0.15) is 0 Å². The molecule has 1 aromatic heterocycles. The van der Waals surface area contributed by atoms with Crippen molar-refractivity contribution in [2.45, 2.75) is 26.4 Å². The Morgan fingerprint density at radius 3 is 2.14 bits per heavy atom. The molecule has 0 saturated carbocycles. The smallest absolute Gasteiger partial charge is 0.421 e. The first kappa shape index (κ1) is 19.6. The first-order chi connectivity index (χ1) is 13.3. The summed E-state index contributed by atoms with van der Waals surface area (Å²) < 4.78 is 5.53. The maximum Gasteiger partial charge on any atom is 0.421 e. The molecule has 1 amide bonds. The molecular weight excluding hydrogens is 374 g/mol. The predicted octanol–water partition coefficient (Wildman–Crippen LogP) is 5.03. The Balaban J connectivity index is 2.02. The minimum Gasteiger partial charge on any atom is -0.443 e. The van der Waals surface area contributed by atoms with Crippen molar-refractivity contribution in [3.8, 4) is 0 Å². The van der Waals surface area contributed by atoms with Crippen molar-refractivity contribution in [2.24, 2.45) is 0 Å². The predicted molar refractivity (Wildman–Crippen MR) is 111 cm³/mol. The van der Waals surface area contributed by atoms with Crippen LogP contribution in [0.1, 0.15) is 36.0 Å². The number of anilines is 3. The van der Waals surface area contributed by atoms with Gasteiger partial charge in [0.25, 0.3) is 0 Å². The quantitative estimate of drug-likeness (QED) is 0.626. The van der Waals surface area contributed by atoms with Crippen LogP contribution in [0.25, 0.3) is 0 Å². The molecule has 3 aromatic rings. The number of carbonyl (C=O) groups is 2. The van der Waals surface area contributed by atoms with Crippen molar-refractivity contribution < 1.29 is 14.3 Å². The fraction of sp³-hybridized carbons (Fsp3) is 0.190. The van der Waals surface area contributed by atoms with Crippen LogP contribution in [0.2, 0.25) is 0 Å². The van der Waals surface area contributed by atoms with Crippen molar-refractivity contribution >= 4 is 39.9 Å². The topological polar surface area (TPSA) is 85.5 Å². The summed E-state index contributed by atoms with van der Waals surface area (Å²) >= 11 is 1.06. The van der Waals surface area contributed by atoms with Gasteiger partial charge in [0.05, 0.1) is 5.69 Å². The van der Waals surface area contributed by atoms with Gasteiger partial charge in [-0.3, -0.25) is 4.79 Å². The first-order valence-corrected chi connectivity index (χ1v) is 9.52. The lowest BCUT2D eigenvalue weighted by Crippen LogP contribution is -2.33. The van der Waals surface area contributed by atoms with Crippen LogP contribution in [-0.4, -0.2) is 22.5 Å². The van der Waals surface area contributed by atoms with E-state index in [4.69, 9.17) is 10.5 Å². The number of para-hydroxylation sites is 1. The number of rotatable bonds is 4. The summed E-state index contributed by atoms with van der Waals surface area (Å²) in [5.41, 5.74) is 6.42. The van der Waals surface area contributed by atoms with Gasteiger partial charge in [-0.15, -0.1) is 0 Å². The number of ketones is 1. The molecule has 2 aromatic carbocycles. The highest BCUT2D eigenvalue weighted by molar-refractivity contribution is 7.18. The number of hydrogen-bond acceptors (Lipinski definition) is 6. The summed E-state index contributed by atoms with van der Waals surface area (Å²) in [4.78, 5) is 31.6. The molecule has 0 unspecified atom stereocenters. The molecule has 0 aliphatic rings. The van der Waals surface area contributed by atoms with Crippen molar-refractivity contribution in [1.29, 1.82) is 0 Å².